The van der Waals surface area contributed by atoms with Crippen LogP contribution in [0.3, 0.4) is 0 Å². The monoisotopic (exact) mass is 321 g/mol. The molecule has 18 heavy (non-hydrogen) atoms. The van der Waals surface area contributed by atoms with E-state index in [2.05, 4.69) is 0 Å². The van der Waals surface area contributed by atoms with Crippen molar-refractivity contribution in [3.8, 4) is 11.5 Å². The summed E-state index contributed by atoms with van der Waals surface area (Å²) in [6.45, 7) is 4.00. The number of benzene rings is 2. The second kappa shape index (κ2) is 11.2. The summed E-state index contributed by atoms with van der Waals surface area (Å²) < 4.78 is 13.2. The van der Waals surface area contributed by atoms with Gasteiger partial charge in [-0.3, -0.25) is 0 Å². The van der Waals surface area contributed by atoms with Crippen LogP contribution in [0.2, 0.25) is 0 Å². The Bertz CT molecular complexity index is 463. The van der Waals surface area contributed by atoms with E-state index < -0.39 is 0 Å². The summed E-state index contributed by atoms with van der Waals surface area (Å²) in [7, 11) is 0. The van der Waals surface area contributed by atoms with Crippen molar-refractivity contribution in [2.45, 2.75) is 13.8 Å². The van der Waals surface area contributed by atoms with Gasteiger partial charge in [-0.2, -0.15) is 0 Å². The topological polar surface area (TPSA) is 35.2 Å². The molecule has 2 aromatic carbocycles. The Morgan fingerprint density at radius 2 is 1.56 bits per heavy atom. The first-order valence-corrected chi connectivity index (χ1v) is 5.35. The summed E-state index contributed by atoms with van der Waals surface area (Å²) in [5.74, 6) is 1.23. The third-order valence-corrected chi connectivity index (χ3v) is 1.78. The van der Waals surface area contributed by atoms with Crippen molar-refractivity contribution in [1.82, 2.24) is 0 Å². The van der Waals surface area contributed by atoms with E-state index in [1.807, 2.05) is 44.2 Å². The summed E-state index contributed by atoms with van der Waals surface area (Å²) in [5.41, 5.74) is 6.12. The van der Waals surface area contributed by atoms with E-state index in [4.69, 9.17) is 11.8 Å². The molecule has 0 aliphatic rings. The summed E-state index contributed by atoms with van der Waals surface area (Å²) in [4.78, 5) is 0. The molecule has 0 unspecified atom stereocenters. The minimum Gasteiger partial charge on any atom is -0.457 e. The van der Waals surface area contributed by atoms with Crippen LogP contribution in [-0.2, 0) is 32.7 Å². The zero-order valence-corrected chi connectivity index (χ0v) is 14.0. The van der Waals surface area contributed by atoms with Gasteiger partial charge in [-0.1, -0.05) is 32.0 Å². The average Bonchev–Trinajstić information content (AvgIpc) is 2.37. The molecule has 95 valence electrons. The zero-order chi connectivity index (χ0) is 12.7. The first-order chi connectivity index (χ1) is 8.25. The first-order valence-electron chi connectivity index (χ1n) is 5.85. The molecular formula is C15H20NOY-. The van der Waals surface area contributed by atoms with Crippen molar-refractivity contribution < 1.29 is 38.8 Å². The van der Waals surface area contributed by atoms with Crippen molar-refractivity contribution in [3.05, 3.63) is 62.0 Å². The van der Waals surface area contributed by atoms with E-state index in [0.717, 1.165) is 5.75 Å². The average molecular weight is 321 g/mol. The van der Waals surface area contributed by atoms with Gasteiger partial charge in [-0.05, 0) is 36.4 Å². The molecule has 0 fully saturated rings. The molecule has 0 aliphatic heterocycles. The summed E-state index contributed by atoms with van der Waals surface area (Å²) in [5, 5.41) is 0. The molecule has 0 spiro atoms. The molecule has 3 heteroatoms. The molecule has 0 saturated heterocycles. The Labute approximate surface area is 137 Å². The Morgan fingerprint density at radius 3 is 2.11 bits per heavy atom. The number of anilines is 1. The van der Waals surface area contributed by atoms with Crippen LogP contribution in [0.5, 0.6) is 11.5 Å². The van der Waals surface area contributed by atoms with Crippen molar-refractivity contribution in [2.75, 3.05) is 5.73 Å². The van der Waals surface area contributed by atoms with Gasteiger partial charge in [0.15, 0.2) is 0 Å². The van der Waals surface area contributed by atoms with Gasteiger partial charge in [0.05, 0.1) is 1.37 Å². The molecule has 0 aromatic heterocycles. The van der Waals surface area contributed by atoms with Crippen LogP contribution >= 0.6 is 0 Å². The smallest absolute Gasteiger partial charge is 0.127 e. The SMILES string of the molecule is CC.[3H]c1cc(N)ccc1Oc1ccccc1.[CH3-].[Y]. The van der Waals surface area contributed by atoms with Gasteiger partial charge in [-0.25, -0.2) is 0 Å². The largest absolute Gasteiger partial charge is 0.457 e. The maximum Gasteiger partial charge on any atom is 0.127 e. The molecule has 2 nitrogen and oxygen atoms in total. The van der Waals surface area contributed by atoms with Crippen molar-refractivity contribution in [3.63, 3.8) is 0 Å². The third-order valence-electron chi connectivity index (χ3n) is 1.78. The Kier molecular flexibility index (Phi) is 10.7. The fourth-order valence-electron chi connectivity index (χ4n) is 1.10. The minimum absolute atomic E-state index is 0. The molecule has 0 saturated carbocycles. The van der Waals surface area contributed by atoms with E-state index in [0.29, 0.717) is 17.5 Å². The fourth-order valence-corrected chi connectivity index (χ4v) is 1.10. The Hall–Kier alpha value is -0.856. The second-order valence-electron chi connectivity index (χ2n) is 2.90. The van der Waals surface area contributed by atoms with Crippen LogP contribution in [0.1, 0.15) is 15.2 Å². The second-order valence-corrected chi connectivity index (χ2v) is 2.90. The molecule has 2 rings (SSSR count). The molecule has 0 aliphatic carbocycles. The maximum absolute atomic E-state index is 7.66. The zero-order valence-electron chi connectivity index (χ0n) is 12.2. The molecule has 0 bridgehead atoms. The van der Waals surface area contributed by atoms with E-state index in [1.165, 1.54) is 0 Å². The van der Waals surface area contributed by atoms with Crippen LogP contribution in [0.25, 0.3) is 0 Å². The van der Waals surface area contributed by atoms with E-state index >= 15 is 0 Å². The van der Waals surface area contributed by atoms with Crippen molar-refractivity contribution in [1.29, 1.82) is 0 Å². The van der Waals surface area contributed by atoms with Crippen LogP contribution in [-0.4, -0.2) is 0 Å². The number of nitrogen functional groups attached to an aromatic ring is 1. The van der Waals surface area contributed by atoms with Gasteiger partial charge in [0, 0.05) is 38.4 Å². The molecule has 0 heterocycles. The van der Waals surface area contributed by atoms with Crippen molar-refractivity contribution in [2.24, 2.45) is 0 Å². The van der Waals surface area contributed by atoms with Gasteiger partial charge < -0.3 is 17.9 Å². The molecule has 0 amide bonds. The first kappa shape index (κ1) is 17.1. The standard InChI is InChI=1S/C12H11NO.C2H6.CH3.Y/c13-10-6-8-12(9-7-10)14-11-4-2-1-3-5-11;1-2;;/h1-9H,13H2;1-2H3;1H3;/q;;-1;/i8T;;;. The fraction of sp³-hybridized carbons (Fsp3) is 0.133. The van der Waals surface area contributed by atoms with Crippen LogP contribution < -0.4 is 10.5 Å². The van der Waals surface area contributed by atoms with Gasteiger partial charge in [-0.15, -0.1) is 0 Å². The Morgan fingerprint density at radius 1 is 0.944 bits per heavy atom. The van der Waals surface area contributed by atoms with Gasteiger partial charge in [0.1, 0.15) is 11.5 Å². The molecule has 1 radical (unpaired) electrons. The van der Waals surface area contributed by atoms with Crippen LogP contribution in [0.15, 0.2) is 54.6 Å². The number of hydrogen-bond donors (Lipinski definition) is 1. The van der Waals surface area contributed by atoms with Gasteiger partial charge >= 0.3 is 0 Å². The number of ether oxygens (including phenoxy) is 1. The maximum atomic E-state index is 7.66. The quantitative estimate of drug-likeness (QED) is 0.651. The normalized spacial score (nSPS) is 8.67. The predicted octanol–water partition coefficient (Wildman–Crippen LogP) is 4.54. The third kappa shape index (κ3) is 6.78. The van der Waals surface area contributed by atoms with Crippen molar-refractivity contribution >= 4 is 5.69 Å². The summed E-state index contributed by atoms with van der Waals surface area (Å²) in [6, 6.07) is 14.6. The molecule has 2 aromatic rings. The number of hydrogen-bond acceptors (Lipinski definition) is 2. The van der Waals surface area contributed by atoms with E-state index in [1.54, 1.807) is 18.2 Å². The molecule has 0 atom stereocenters. The van der Waals surface area contributed by atoms with Crippen LogP contribution in [0.4, 0.5) is 5.69 Å². The number of para-hydroxylation sites is 1. The Balaban J connectivity index is 0. The van der Waals surface area contributed by atoms with Gasteiger partial charge in [0.25, 0.3) is 0 Å². The minimum atomic E-state index is 0. The van der Waals surface area contributed by atoms with E-state index in [-0.39, 0.29) is 40.1 Å². The van der Waals surface area contributed by atoms with E-state index in [9.17, 15) is 0 Å². The molecular weight excluding hydrogens is 299 g/mol. The number of nitrogens with two attached hydrogens (primary N) is 1. The van der Waals surface area contributed by atoms with Crippen LogP contribution in [0, 0.1) is 7.43 Å². The molecule has 2 N–H and O–H groups in total. The number of rotatable bonds is 2. The summed E-state index contributed by atoms with van der Waals surface area (Å²) in [6.07, 6.45) is 0. The van der Waals surface area contributed by atoms with Gasteiger partial charge in [0.2, 0.25) is 0 Å². The summed E-state index contributed by atoms with van der Waals surface area (Å²) >= 11 is 0. The predicted molar refractivity (Wildman–Crippen MR) is 75.1 cm³/mol.